The third-order valence-electron chi connectivity index (χ3n) is 9.43. The van der Waals surface area contributed by atoms with Gasteiger partial charge < -0.3 is 46.1 Å². The molecular formula is C43H51N7O8S. The Balaban J connectivity index is 1.37. The van der Waals surface area contributed by atoms with Gasteiger partial charge in [-0.1, -0.05) is 57.9 Å². The topological polar surface area (TPSA) is 220 Å². The van der Waals surface area contributed by atoms with E-state index in [9.17, 15) is 18.6 Å². The summed E-state index contributed by atoms with van der Waals surface area (Å²) in [6.45, 7) is 6.53. The normalized spacial score (nSPS) is 12.3. The van der Waals surface area contributed by atoms with Crippen LogP contribution in [0.15, 0.2) is 85.1 Å². The number of ether oxygens (including phenoxy) is 3. The van der Waals surface area contributed by atoms with Gasteiger partial charge in [0.2, 0.25) is 0 Å². The Bertz CT molecular complexity index is 2350. The Morgan fingerprint density at radius 1 is 0.898 bits per heavy atom. The van der Waals surface area contributed by atoms with Crippen LogP contribution in [0.3, 0.4) is 0 Å². The number of anilines is 5. The van der Waals surface area contributed by atoms with Crippen LogP contribution in [0.2, 0.25) is 0 Å². The monoisotopic (exact) mass is 825 g/mol. The maximum Gasteiger partial charge on any atom is 0.324 e. The van der Waals surface area contributed by atoms with Gasteiger partial charge in [-0.05, 0) is 66.3 Å². The zero-order valence-corrected chi connectivity index (χ0v) is 34.8. The third-order valence-corrected chi connectivity index (χ3v) is 9.94. The van der Waals surface area contributed by atoms with Crippen molar-refractivity contribution < 1.29 is 37.9 Å². The summed E-state index contributed by atoms with van der Waals surface area (Å²) in [5.74, 6) is 0.791. The minimum atomic E-state index is -1.43. The molecule has 59 heavy (non-hydrogen) atoms. The lowest BCUT2D eigenvalue weighted by Crippen LogP contribution is -2.32. The van der Waals surface area contributed by atoms with E-state index >= 15 is 0 Å². The van der Waals surface area contributed by atoms with Gasteiger partial charge in [0, 0.05) is 47.6 Å². The minimum Gasteiger partial charge on any atom is -0.496 e. The first kappa shape index (κ1) is 43.7. The second kappa shape index (κ2) is 19.4. The molecule has 1 aromatic heterocycles. The van der Waals surface area contributed by atoms with Crippen molar-refractivity contribution >= 4 is 68.2 Å². The van der Waals surface area contributed by atoms with Crippen LogP contribution in [0.1, 0.15) is 62.4 Å². The number of unbranched alkanes of at least 4 members (excludes halogenated alkanes) is 2. The molecule has 4 aromatic carbocycles. The van der Waals surface area contributed by atoms with Crippen molar-refractivity contribution in [3.05, 3.63) is 96.2 Å². The third kappa shape index (κ3) is 11.0. The Morgan fingerprint density at radius 3 is 2.31 bits per heavy atom. The number of carbonyl (C=O) groups excluding carboxylic acids is 2. The molecule has 15 nitrogen and oxygen atoms in total. The quantitative estimate of drug-likeness (QED) is 0.0470. The number of hydrogen-bond donors (Lipinski definition) is 6. The van der Waals surface area contributed by atoms with Crippen molar-refractivity contribution in [3.63, 3.8) is 0 Å². The molecule has 5 aromatic rings. The van der Waals surface area contributed by atoms with Crippen molar-refractivity contribution in [2.24, 2.45) is 11.5 Å². The number of nitrogens with zero attached hydrogens (tertiary/aromatic N) is 2. The number of nitrogens with two attached hydrogens (primary N) is 2. The van der Waals surface area contributed by atoms with Crippen LogP contribution in [0, 0.1) is 0 Å². The number of carbonyl (C=O) groups is 3. The van der Waals surface area contributed by atoms with E-state index in [1.165, 1.54) is 25.4 Å². The zero-order valence-electron chi connectivity index (χ0n) is 34.0. The highest BCUT2D eigenvalue weighted by atomic mass is 32.2. The summed E-state index contributed by atoms with van der Waals surface area (Å²) >= 11 is 0. The van der Waals surface area contributed by atoms with E-state index < -0.39 is 29.0 Å². The molecule has 1 unspecified atom stereocenters. The van der Waals surface area contributed by atoms with Crippen LogP contribution in [0.25, 0.3) is 10.8 Å². The first-order valence-electron chi connectivity index (χ1n) is 18.9. The summed E-state index contributed by atoms with van der Waals surface area (Å²) in [5.41, 5.74) is 14.5. The fourth-order valence-corrected chi connectivity index (χ4v) is 6.89. The lowest BCUT2D eigenvalue weighted by atomic mass is 9.86. The van der Waals surface area contributed by atoms with Gasteiger partial charge >= 0.3 is 12.0 Å². The van der Waals surface area contributed by atoms with Gasteiger partial charge in [0.1, 0.15) is 40.1 Å². The number of benzene rings is 4. The van der Waals surface area contributed by atoms with E-state index in [2.05, 4.69) is 20.3 Å². The van der Waals surface area contributed by atoms with Crippen LogP contribution < -0.4 is 45.9 Å². The van der Waals surface area contributed by atoms with E-state index in [1.807, 2.05) is 57.2 Å². The van der Waals surface area contributed by atoms with E-state index in [0.29, 0.717) is 93.7 Å². The number of urea groups is 1. The lowest BCUT2D eigenvalue weighted by molar-refractivity contribution is -0.138. The summed E-state index contributed by atoms with van der Waals surface area (Å²) in [5, 5.41) is 16.4. The Labute approximate surface area is 346 Å². The number of rotatable bonds is 18. The van der Waals surface area contributed by atoms with Gasteiger partial charge in [0.15, 0.2) is 5.75 Å². The molecule has 1 heterocycles. The fraction of sp³-hybridized carbons (Fsp3) is 0.302. The second-order valence-corrected chi connectivity index (χ2v) is 15.9. The van der Waals surface area contributed by atoms with E-state index in [-0.39, 0.29) is 11.3 Å². The van der Waals surface area contributed by atoms with Crippen molar-refractivity contribution in [1.29, 1.82) is 0 Å². The average Bonchev–Trinajstić information content (AvgIpc) is 3.19. The maximum absolute atomic E-state index is 13.4. The highest BCUT2D eigenvalue weighted by Gasteiger charge is 2.28. The van der Waals surface area contributed by atoms with Crippen LogP contribution in [0.5, 0.6) is 23.0 Å². The largest absolute Gasteiger partial charge is 0.496 e. The van der Waals surface area contributed by atoms with Crippen molar-refractivity contribution in [2.45, 2.75) is 57.9 Å². The number of primary amides is 1. The highest BCUT2D eigenvalue weighted by Crippen LogP contribution is 2.46. The molecule has 0 aliphatic carbocycles. The molecule has 5 rings (SSSR count). The number of methoxy groups -OCH3 is 2. The Morgan fingerprint density at radius 2 is 1.64 bits per heavy atom. The Hall–Kier alpha value is -6.39. The molecule has 16 heteroatoms. The summed E-state index contributed by atoms with van der Waals surface area (Å²) in [6, 6.07) is 21.6. The predicted molar refractivity (Wildman–Crippen MR) is 232 cm³/mol. The zero-order chi connectivity index (χ0) is 42.9. The molecule has 0 aliphatic heterocycles. The van der Waals surface area contributed by atoms with Crippen LogP contribution in [0.4, 0.5) is 33.4 Å². The molecule has 0 aliphatic rings. The summed E-state index contributed by atoms with van der Waals surface area (Å²) in [7, 11) is 1.53. The van der Waals surface area contributed by atoms with Crippen LogP contribution >= 0.6 is 0 Å². The molecule has 0 bridgehead atoms. The number of nitrogens with one attached hydrogen (secondary N) is 3. The number of aliphatic carboxylic acids is 1. The van der Waals surface area contributed by atoms with Gasteiger partial charge in [-0.3, -0.25) is 14.5 Å². The molecular weight excluding hydrogens is 775 g/mol. The standard InChI is InChI=1S/C43H51N7O8S/c1-43(2,3)26-22-33(49-59(6)55)39(57-5)35(23-26)50(42(45)54)34-17-18-36(30-13-10-9-12-29(30)34)58-28-19-21-46-38(25-28)48-27-15-16-31(37(24-27)56-4)40(51)47-20-11-7-8-14-32(44)41(52)53/h9-10,12-13,15-19,21-25,32,49H,7-8,11,14,20,44H2,1-6H3,(H2,45,54)(H,46,48)(H,47,51)(H,52,53)/t32-,59?/m0/s1. The first-order valence-corrected chi connectivity index (χ1v) is 20.5. The average molecular weight is 826 g/mol. The highest BCUT2D eigenvalue weighted by molar-refractivity contribution is 7.85. The first-order chi connectivity index (χ1) is 28.1. The minimum absolute atomic E-state index is 0.296. The van der Waals surface area contributed by atoms with Gasteiger partial charge in [0.05, 0.1) is 36.8 Å². The fourth-order valence-electron chi connectivity index (χ4n) is 6.43. The van der Waals surface area contributed by atoms with E-state index in [4.69, 9.17) is 30.8 Å². The second-order valence-electron chi connectivity index (χ2n) is 14.8. The summed E-state index contributed by atoms with van der Waals surface area (Å²) in [4.78, 5) is 43.1. The summed E-state index contributed by atoms with van der Waals surface area (Å²) in [6.07, 6.45) is 5.56. The molecule has 0 spiro atoms. The SMILES string of the molecule is COc1cc(Nc2cc(Oc3ccc(N(C(N)=O)c4cc(C(C)(C)C)cc(NS(C)=O)c4OC)c4ccccc34)ccn2)ccc1C(=O)NCCCCC[C@H](N)C(=O)O. The van der Waals surface area contributed by atoms with Gasteiger partial charge in [-0.25, -0.2) is 14.0 Å². The summed E-state index contributed by atoms with van der Waals surface area (Å²) < 4.78 is 33.0. The van der Waals surface area contributed by atoms with E-state index in [0.717, 1.165) is 12.0 Å². The van der Waals surface area contributed by atoms with Gasteiger partial charge in [-0.15, -0.1) is 0 Å². The smallest absolute Gasteiger partial charge is 0.324 e. The van der Waals surface area contributed by atoms with E-state index in [1.54, 1.807) is 48.7 Å². The van der Waals surface area contributed by atoms with Crippen molar-refractivity contribution in [1.82, 2.24) is 10.3 Å². The number of pyridine rings is 1. The number of carboxylic acids is 1. The van der Waals surface area contributed by atoms with Crippen LogP contribution in [-0.4, -0.2) is 65.3 Å². The molecule has 2 atom stereocenters. The number of amides is 3. The number of carboxylic acid groups (broad SMARTS) is 1. The van der Waals surface area contributed by atoms with Gasteiger partial charge in [0.25, 0.3) is 5.91 Å². The predicted octanol–water partition coefficient (Wildman–Crippen LogP) is 7.71. The molecule has 0 saturated heterocycles. The Kier molecular flexibility index (Phi) is 14.4. The maximum atomic E-state index is 13.4. The molecule has 8 N–H and O–H groups in total. The van der Waals surface area contributed by atoms with Crippen molar-refractivity contribution in [3.8, 4) is 23.0 Å². The molecule has 0 fully saturated rings. The molecule has 0 saturated carbocycles. The lowest BCUT2D eigenvalue weighted by Gasteiger charge is -2.29. The molecule has 312 valence electrons. The number of hydrogen-bond acceptors (Lipinski definition) is 10. The number of aromatic nitrogens is 1. The molecule has 3 amide bonds. The molecule has 0 radical (unpaired) electrons. The number of fused-ring (bicyclic) bond motifs is 1. The van der Waals surface area contributed by atoms with Crippen LogP contribution in [-0.2, 0) is 21.2 Å². The van der Waals surface area contributed by atoms with Gasteiger partial charge in [-0.2, -0.15) is 0 Å². The van der Waals surface area contributed by atoms with Crippen molar-refractivity contribution in [2.75, 3.05) is 42.0 Å².